The number of hydrogen-bond acceptors (Lipinski definition) is 1. The zero-order valence-electron chi connectivity index (χ0n) is 6.21. The van der Waals surface area contributed by atoms with Crippen LogP contribution in [0.5, 0.6) is 0 Å². The van der Waals surface area contributed by atoms with Crippen LogP contribution in [0.3, 0.4) is 0 Å². The maximum absolute atomic E-state index is 11.8. The van der Waals surface area contributed by atoms with Crippen molar-refractivity contribution in [2.45, 2.75) is 18.0 Å². The van der Waals surface area contributed by atoms with Crippen LogP contribution in [0.2, 0.25) is 0 Å². The minimum atomic E-state index is -6.60. The smallest absolute Gasteiger partial charge is 0.460 e. The van der Waals surface area contributed by atoms with Gasteiger partial charge in [-0.05, 0) is 0 Å². The molecule has 0 bridgehead atoms. The third kappa shape index (κ3) is 2.26. The van der Waals surface area contributed by atoms with E-state index in [1.807, 2.05) is 0 Å². The first-order valence-corrected chi connectivity index (χ1v) is 2.50. The van der Waals surface area contributed by atoms with Crippen molar-refractivity contribution in [3.63, 3.8) is 0 Å². The number of hydrogen-bond donors (Lipinski definition) is 1. The van der Waals surface area contributed by atoms with Gasteiger partial charge in [-0.3, -0.25) is 0 Å². The van der Waals surface area contributed by atoms with Crippen LogP contribution >= 0.6 is 9.90 Å². The van der Waals surface area contributed by atoms with Crippen molar-refractivity contribution in [3.05, 3.63) is 0 Å². The van der Waals surface area contributed by atoms with Gasteiger partial charge in [-0.1, -0.05) is 0 Å². The third-order valence-electron chi connectivity index (χ3n) is 1.02. The van der Waals surface area contributed by atoms with Gasteiger partial charge in [-0.15, -0.1) is 0 Å². The summed E-state index contributed by atoms with van der Waals surface area (Å²) >= 11 is 0. The molecule has 10 heteroatoms. The summed E-state index contributed by atoms with van der Waals surface area (Å²) in [6.45, 7) is 0. The number of carbonyl (C=O) groups is 1. The van der Waals surface area contributed by atoms with E-state index in [0.29, 0.717) is 0 Å². The molecule has 0 aliphatic carbocycles. The monoisotopic (exact) mass is 248 g/mol. The van der Waals surface area contributed by atoms with Crippen LogP contribution in [0.25, 0.3) is 0 Å². The van der Waals surface area contributed by atoms with Gasteiger partial charge in [0.15, 0.2) is 0 Å². The standard InChI is InChI=1S/C4HF7O2.H3P/c5-2(6,1(12)13)3(7,8)4(9,10)11;/h(H,12,13);1H3. The summed E-state index contributed by atoms with van der Waals surface area (Å²) in [4.78, 5) is 9.38. The number of rotatable bonds is 2. The van der Waals surface area contributed by atoms with Gasteiger partial charge in [0.05, 0.1) is 0 Å². The Balaban J connectivity index is 0. The fourth-order valence-corrected chi connectivity index (χ4v) is 0.312. The molecular formula is C4H4F7O2P. The molecule has 1 unspecified atom stereocenters. The maximum atomic E-state index is 11.8. The van der Waals surface area contributed by atoms with Gasteiger partial charge in [0.25, 0.3) is 0 Å². The van der Waals surface area contributed by atoms with Crippen LogP contribution in [0.1, 0.15) is 0 Å². The summed E-state index contributed by atoms with van der Waals surface area (Å²) in [6.07, 6.45) is -6.60. The van der Waals surface area contributed by atoms with Crippen LogP contribution in [0.4, 0.5) is 30.7 Å². The van der Waals surface area contributed by atoms with Crippen molar-refractivity contribution in [2.24, 2.45) is 0 Å². The highest BCUT2D eigenvalue weighted by atomic mass is 31.0. The largest absolute Gasteiger partial charge is 0.477 e. The second-order valence-electron chi connectivity index (χ2n) is 1.95. The molecule has 0 rings (SSSR count). The number of carboxylic acid groups (broad SMARTS) is 1. The van der Waals surface area contributed by atoms with E-state index in [1.165, 1.54) is 0 Å². The van der Waals surface area contributed by atoms with Gasteiger partial charge in [0.2, 0.25) is 0 Å². The van der Waals surface area contributed by atoms with Crippen molar-refractivity contribution in [3.8, 4) is 0 Å². The molecule has 0 heterocycles. The highest BCUT2D eigenvalue weighted by molar-refractivity contribution is 6.92. The first-order chi connectivity index (χ1) is 5.44. The lowest BCUT2D eigenvalue weighted by atomic mass is 10.1. The highest BCUT2D eigenvalue weighted by Crippen LogP contribution is 2.46. The fourth-order valence-electron chi connectivity index (χ4n) is 0.312. The molecule has 86 valence electrons. The molecule has 0 fully saturated rings. The molecule has 0 aromatic rings. The number of halogens is 7. The summed E-state index contributed by atoms with van der Waals surface area (Å²) in [7, 11) is 0. The van der Waals surface area contributed by atoms with Crippen LogP contribution in [-0.4, -0.2) is 29.1 Å². The topological polar surface area (TPSA) is 37.3 Å². The summed E-state index contributed by atoms with van der Waals surface area (Å²) in [6, 6.07) is 0. The Hall–Kier alpha value is -0.590. The summed E-state index contributed by atoms with van der Waals surface area (Å²) in [5.41, 5.74) is 0. The molecule has 1 N–H and O–H groups in total. The second kappa shape index (κ2) is 3.88. The Bertz CT molecular complexity index is 222. The lowest BCUT2D eigenvalue weighted by Gasteiger charge is -2.24. The van der Waals surface area contributed by atoms with E-state index in [-0.39, 0.29) is 9.90 Å². The quantitative estimate of drug-likeness (QED) is 0.599. The molecule has 1 atom stereocenters. The molecule has 14 heavy (non-hydrogen) atoms. The van der Waals surface area contributed by atoms with Crippen molar-refractivity contribution < 1.29 is 40.6 Å². The number of alkyl halides is 7. The van der Waals surface area contributed by atoms with E-state index >= 15 is 0 Å². The molecule has 0 amide bonds. The summed E-state index contributed by atoms with van der Waals surface area (Å²) in [5.74, 6) is -16.3. The van der Waals surface area contributed by atoms with E-state index in [2.05, 4.69) is 0 Å². The van der Waals surface area contributed by atoms with Gasteiger partial charge in [-0.25, -0.2) is 4.79 Å². The summed E-state index contributed by atoms with van der Waals surface area (Å²) < 4.78 is 80.5. The van der Waals surface area contributed by atoms with Crippen LogP contribution in [0, 0.1) is 0 Å². The predicted molar refractivity (Wildman–Crippen MR) is 34.7 cm³/mol. The number of carboxylic acids is 1. The zero-order chi connectivity index (χ0) is 11.1. The Kier molecular flexibility index (Phi) is 4.39. The van der Waals surface area contributed by atoms with Crippen molar-refractivity contribution in [1.82, 2.24) is 0 Å². The predicted octanol–water partition coefficient (Wildman–Crippen LogP) is 1.96. The van der Waals surface area contributed by atoms with Gasteiger partial charge in [0, 0.05) is 0 Å². The van der Waals surface area contributed by atoms with Crippen LogP contribution < -0.4 is 0 Å². The fraction of sp³-hybridized carbons (Fsp3) is 0.750. The third-order valence-corrected chi connectivity index (χ3v) is 1.02. The molecule has 0 aliphatic heterocycles. The van der Waals surface area contributed by atoms with Gasteiger partial charge < -0.3 is 5.11 Å². The molecule has 0 saturated carbocycles. The van der Waals surface area contributed by atoms with E-state index < -0.39 is 24.0 Å². The Morgan fingerprint density at radius 2 is 1.21 bits per heavy atom. The molecule has 0 spiro atoms. The minimum absolute atomic E-state index is 0. The SMILES string of the molecule is O=C(O)C(F)(F)C(F)(F)C(F)(F)F.P. The van der Waals surface area contributed by atoms with Crippen molar-refractivity contribution in [1.29, 1.82) is 0 Å². The average Bonchev–Trinajstić information content (AvgIpc) is 1.84. The van der Waals surface area contributed by atoms with E-state index in [9.17, 15) is 35.5 Å². The van der Waals surface area contributed by atoms with E-state index in [0.717, 1.165) is 0 Å². The lowest BCUT2D eigenvalue weighted by Crippen LogP contribution is -2.56. The van der Waals surface area contributed by atoms with Crippen molar-refractivity contribution in [2.75, 3.05) is 0 Å². The molecule has 0 aromatic carbocycles. The lowest BCUT2D eigenvalue weighted by molar-refractivity contribution is -0.347. The maximum Gasteiger partial charge on any atom is 0.460 e. The average molecular weight is 248 g/mol. The molecule has 0 radical (unpaired) electrons. The number of aliphatic carboxylic acids is 1. The minimum Gasteiger partial charge on any atom is -0.477 e. The Morgan fingerprint density at radius 3 is 1.29 bits per heavy atom. The van der Waals surface area contributed by atoms with Gasteiger partial charge in [-0.2, -0.15) is 40.6 Å². The Morgan fingerprint density at radius 1 is 0.929 bits per heavy atom. The first kappa shape index (κ1) is 15.9. The zero-order valence-corrected chi connectivity index (χ0v) is 7.62. The van der Waals surface area contributed by atoms with Crippen LogP contribution in [-0.2, 0) is 4.79 Å². The first-order valence-electron chi connectivity index (χ1n) is 2.50. The van der Waals surface area contributed by atoms with E-state index in [1.54, 1.807) is 0 Å². The molecule has 0 aliphatic rings. The molecule has 0 saturated heterocycles. The van der Waals surface area contributed by atoms with Gasteiger partial charge in [0.1, 0.15) is 0 Å². The normalized spacial score (nSPS) is 13.4. The second-order valence-corrected chi connectivity index (χ2v) is 1.95. The van der Waals surface area contributed by atoms with Crippen molar-refractivity contribution >= 4 is 15.9 Å². The van der Waals surface area contributed by atoms with Crippen LogP contribution in [0.15, 0.2) is 0 Å². The Labute approximate surface area is 75.7 Å². The molecular weight excluding hydrogens is 244 g/mol. The van der Waals surface area contributed by atoms with Gasteiger partial charge >= 0.3 is 24.0 Å². The molecule has 2 nitrogen and oxygen atoms in total. The summed E-state index contributed by atoms with van der Waals surface area (Å²) in [5, 5.41) is 7.41. The highest BCUT2D eigenvalue weighted by Gasteiger charge is 2.76. The van der Waals surface area contributed by atoms with E-state index in [4.69, 9.17) is 5.11 Å². The molecule has 0 aromatic heterocycles.